The quantitative estimate of drug-likeness (QED) is 0.501. The topological polar surface area (TPSA) is 95.7 Å². The number of Topliss-reactive ketones (excluding diaryl/α,β-unsaturated/α-hetero) is 1. The van der Waals surface area contributed by atoms with Gasteiger partial charge in [0.15, 0.2) is 13.3 Å². The maximum Gasteiger partial charge on any atom is 0.304 e. The Morgan fingerprint density at radius 1 is 1.17 bits per heavy atom. The highest BCUT2D eigenvalue weighted by molar-refractivity contribution is 7.90. The SMILES string of the molecule is BC1(c2cc(Cl)ccc2F)OC(N)=C(OS(=O)(=O)C(B)(B)c2ccccc2)C1=O. The highest BCUT2D eigenvalue weighted by Gasteiger charge is 2.52. The molecule has 6 nitrogen and oxygen atoms in total. The van der Waals surface area contributed by atoms with Gasteiger partial charge in [0.05, 0.1) is 4.55 Å². The number of carbonyl (C=O) groups is 1. The second-order valence-corrected chi connectivity index (χ2v) is 9.73. The van der Waals surface area contributed by atoms with Crippen LogP contribution >= 0.6 is 11.6 Å². The molecule has 1 aliphatic rings. The van der Waals surface area contributed by atoms with Gasteiger partial charge in [-0.05, 0) is 23.8 Å². The smallest absolute Gasteiger partial charge is 0.304 e. The van der Waals surface area contributed by atoms with E-state index >= 15 is 0 Å². The van der Waals surface area contributed by atoms with E-state index in [9.17, 15) is 17.6 Å². The third-order valence-electron chi connectivity index (χ3n) is 4.91. The van der Waals surface area contributed by atoms with Crippen LogP contribution in [0.3, 0.4) is 0 Å². The summed E-state index contributed by atoms with van der Waals surface area (Å²) in [6.45, 7) is 0. The van der Waals surface area contributed by atoms with Gasteiger partial charge in [-0.15, -0.1) is 0 Å². The van der Waals surface area contributed by atoms with Gasteiger partial charge in [0.2, 0.25) is 17.4 Å². The minimum Gasteiger partial charge on any atom is -0.467 e. The first-order chi connectivity index (χ1) is 13.4. The van der Waals surface area contributed by atoms with Crippen LogP contribution in [0.15, 0.2) is 60.2 Å². The van der Waals surface area contributed by atoms with Gasteiger partial charge in [-0.2, -0.15) is 8.42 Å². The third-order valence-corrected chi connectivity index (χ3v) is 7.01. The molecule has 1 unspecified atom stereocenters. The molecule has 0 aromatic heterocycles. The lowest BCUT2D eigenvalue weighted by Gasteiger charge is -2.26. The summed E-state index contributed by atoms with van der Waals surface area (Å²) in [6.07, 6.45) is 0. The lowest BCUT2D eigenvalue weighted by molar-refractivity contribution is -0.126. The summed E-state index contributed by atoms with van der Waals surface area (Å²) in [4.78, 5) is 13.0. The van der Waals surface area contributed by atoms with Crippen molar-refractivity contribution >= 4 is 51.0 Å². The van der Waals surface area contributed by atoms with Crippen molar-refractivity contribution in [3.63, 3.8) is 0 Å². The van der Waals surface area contributed by atoms with Gasteiger partial charge >= 0.3 is 10.1 Å². The average molecular weight is 433 g/mol. The predicted octanol–water partition coefficient (Wildman–Crippen LogP) is -0.585. The number of ether oxygens (including phenoxy) is 1. The van der Waals surface area contributed by atoms with Crippen molar-refractivity contribution in [2.75, 3.05) is 0 Å². The molecule has 0 saturated heterocycles. The maximum absolute atomic E-state index is 14.3. The Labute approximate surface area is 175 Å². The monoisotopic (exact) mass is 433 g/mol. The van der Waals surface area contributed by atoms with Crippen LogP contribution < -0.4 is 5.73 Å². The molecule has 29 heavy (non-hydrogen) atoms. The molecule has 1 heterocycles. The first-order valence-corrected chi connectivity index (χ1v) is 10.4. The summed E-state index contributed by atoms with van der Waals surface area (Å²) in [7, 11) is -0.235. The van der Waals surface area contributed by atoms with E-state index in [2.05, 4.69) is 0 Å². The van der Waals surface area contributed by atoms with E-state index in [1.54, 1.807) is 30.3 Å². The number of halogens is 2. The van der Waals surface area contributed by atoms with Crippen LogP contribution in [0.5, 0.6) is 0 Å². The summed E-state index contributed by atoms with van der Waals surface area (Å²) in [5, 5.41) is 0.171. The number of rotatable bonds is 5. The van der Waals surface area contributed by atoms with Gasteiger partial charge in [0.25, 0.3) is 0 Å². The van der Waals surface area contributed by atoms with Crippen molar-refractivity contribution in [2.45, 2.75) is 10.0 Å². The van der Waals surface area contributed by atoms with Gasteiger partial charge in [-0.25, -0.2) is 4.39 Å². The zero-order chi connectivity index (χ0) is 21.6. The molecule has 0 fully saturated rings. The molecule has 12 heteroatoms. The molecule has 2 aromatic carbocycles. The molecule has 2 N–H and O–H groups in total. The molecule has 148 valence electrons. The zero-order valence-electron chi connectivity index (χ0n) is 15.9. The fourth-order valence-corrected chi connectivity index (χ4v) is 4.14. The predicted molar refractivity (Wildman–Crippen MR) is 114 cm³/mol. The van der Waals surface area contributed by atoms with Gasteiger partial charge in [-0.1, -0.05) is 41.9 Å². The Hall–Kier alpha value is -2.39. The van der Waals surface area contributed by atoms with E-state index in [0.29, 0.717) is 5.56 Å². The van der Waals surface area contributed by atoms with Crippen LogP contribution in [-0.4, -0.2) is 37.7 Å². The van der Waals surface area contributed by atoms with Crippen LogP contribution in [0, 0.1) is 5.82 Å². The van der Waals surface area contributed by atoms with E-state index < -0.39 is 43.4 Å². The zero-order valence-corrected chi connectivity index (χ0v) is 17.5. The molecule has 0 aliphatic carbocycles. The van der Waals surface area contributed by atoms with E-state index in [-0.39, 0.29) is 10.6 Å². The molecule has 1 aliphatic heterocycles. The Morgan fingerprint density at radius 3 is 2.41 bits per heavy atom. The summed E-state index contributed by atoms with van der Waals surface area (Å²) in [5.41, 5.74) is 4.10. The Kier molecular flexibility index (Phi) is 5.25. The molecular formula is C17H16B3ClFNO5S. The molecule has 0 saturated carbocycles. The standard InChI is InChI=1S/C17H16B3ClFNO5S/c18-16(11-8-10(21)6-7-12(11)22)14(24)13(15(23)27-16)28-29(25,26)17(19,20)9-4-2-1-3-5-9/h1-8H,18-20,23H2. The van der Waals surface area contributed by atoms with Gasteiger partial charge in [-0.3, -0.25) is 4.79 Å². The van der Waals surface area contributed by atoms with Crippen LogP contribution in [0.2, 0.25) is 5.02 Å². The largest absolute Gasteiger partial charge is 0.467 e. The van der Waals surface area contributed by atoms with Crippen molar-refractivity contribution in [1.29, 1.82) is 0 Å². The Morgan fingerprint density at radius 2 is 1.79 bits per heavy atom. The van der Waals surface area contributed by atoms with Gasteiger partial charge < -0.3 is 14.7 Å². The van der Waals surface area contributed by atoms with Crippen LogP contribution in [0.4, 0.5) is 4.39 Å². The summed E-state index contributed by atoms with van der Waals surface area (Å²) >= 11 is 5.91. The number of nitrogens with two attached hydrogens (primary N) is 1. The summed E-state index contributed by atoms with van der Waals surface area (Å²) < 4.78 is 49.2. The van der Waals surface area contributed by atoms with Gasteiger partial charge in [0, 0.05) is 10.6 Å². The molecule has 2 aromatic rings. The van der Waals surface area contributed by atoms with E-state index in [4.69, 9.17) is 26.3 Å². The highest BCUT2D eigenvalue weighted by Crippen LogP contribution is 2.39. The second-order valence-electron chi connectivity index (χ2n) is 7.20. The number of hydrogen-bond donors (Lipinski definition) is 1. The fourth-order valence-electron chi connectivity index (χ4n) is 2.96. The summed E-state index contributed by atoms with van der Waals surface area (Å²) in [5.74, 6) is -2.93. The van der Waals surface area contributed by atoms with Crippen molar-refractivity contribution in [3.05, 3.63) is 82.1 Å². The van der Waals surface area contributed by atoms with Crippen LogP contribution in [0.1, 0.15) is 11.1 Å². The van der Waals surface area contributed by atoms with E-state index in [1.165, 1.54) is 35.7 Å². The first-order valence-electron chi connectivity index (χ1n) is 8.59. The minimum atomic E-state index is -4.37. The van der Waals surface area contributed by atoms with Crippen molar-refractivity contribution in [1.82, 2.24) is 0 Å². The average Bonchev–Trinajstić information content (AvgIpc) is 2.88. The minimum absolute atomic E-state index is 0.171. The number of hydrogen-bond acceptors (Lipinski definition) is 6. The Bertz CT molecular complexity index is 1130. The third kappa shape index (κ3) is 3.53. The Balaban J connectivity index is 1.97. The second kappa shape index (κ2) is 7.14. The van der Waals surface area contributed by atoms with E-state index in [0.717, 1.165) is 6.07 Å². The fraction of sp³-hybridized carbons (Fsp3) is 0.118. The number of carbonyl (C=O) groups excluding carboxylic acids is 1. The number of ketones is 1. The summed E-state index contributed by atoms with van der Waals surface area (Å²) in [6, 6.07) is 12.0. The van der Waals surface area contributed by atoms with Crippen LogP contribution in [0.25, 0.3) is 0 Å². The molecular weight excluding hydrogens is 417 g/mol. The number of benzene rings is 2. The van der Waals surface area contributed by atoms with E-state index in [1.807, 2.05) is 0 Å². The van der Waals surface area contributed by atoms with Gasteiger partial charge in [0.1, 0.15) is 21.5 Å². The molecule has 0 amide bonds. The van der Waals surface area contributed by atoms with Crippen molar-refractivity contribution < 1.29 is 26.5 Å². The maximum atomic E-state index is 14.3. The molecule has 0 bridgehead atoms. The normalized spacial score (nSPS) is 19.9. The van der Waals surface area contributed by atoms with Crippen molar-refractivity contribution in [3.8, 4) is 0 Å². The molecule has 3 rings (SSSR count). The van der Waals surface area contributed by atoms with Crippen LogP contribution in [-0.2, 0) is 33.9 Å². The molecule has 0 spiro atoms. The lowest BCUT2D eigenvalue weighted by Crippen LogP contribution is -2.40. The van der Waals surface area contributed by atoms with Crippen molar-refractivity contribution in [2.24, 2.45) is 5.73 Å². The lowest BCUT2D eigenvalue weighted by atomic mass is 9.65. The molecule has 0 radical (unpaired) electrons. The highest BCUT2D eigenvalue weighted by atomic mass is 35.5. The molecule has 1 atom stereocenters. The first kappa shape index (κ1) is 21.3.